The predicted octanol–water partition coefficient (Wildman–Crippen LogP) is 4.22. The summed E-state index contributed by atoms with van der Waals surface area (Å²) in [6.07, 6.45) is 0.666. The molecule has 176 valence electrons. The molecule has 2 amide bonds. The van der Waals surface area contributed by atoms with Crippen LogP contribution in [0.25, 0.3) is 0 Å². The van der Waals surface area contributed by atoms with Crippen LogP contribution in [-0.2, 0) is 9.59 Å². The van der Waals surface area contributed by atoms with E-state index >= 15 is 0 Å². The van der Waals surface area contributed by atoms with Gasteiger partial charge in [0.25, 0.3) is 5.91 Å². The molecule has 34 heavy (non-hydrogen) atoms. The lowest BCUT2D eigenvalue weighted by Crippen LogP contribution is -2.42. The lowest BCUT2D eigenvalue weighted by molar-refractivity contribution is -0.125. The monoisotopic (exact) mass is 478 g/mol. The van der Waals surface area contributed by atoms with Crippen molar-refractivity contribution in [2.45, 2.75) is 38.5 Å². The van der Waals surface area contributed by atoms with Crippen LogP contribution >= 0.6 is 11.8 Å². The third-order valence-electron chi connectivity index (χ3n) is 5.70. The Morgan fingerprint density at radius 3 is 2.71 bits per heavy atom. The SMILES string of the molecule is CC(C)C[C@@H]1N=C2c3ccccc3N=C(S[C@@H](C)C(=O)Nc3ccc4c(c3)OCCO4)N2C1=O. The number of aliphatic imine (C=N–C) groups is 2. The van der Waals surface area contributed by atoms with Crippen LogP contribution in [0.3, 0.4) is 0 Å². The van der Waals surface area contributed by atoms with Crippen molar-refractivity contribution >= 4 is 46.0 Å². The number of carbonyl (C=O) groups is 2. The van der Waals surface area contributed by atoms with Gasteiger partial charge < -0.3 is 14.8 Å². The minimum Gasteiger partial charge on any atom is -0.486 e. The first-order valence-electron chi connectivity index (χ1n) is 11.4. The van der Waals surface area contributed by atoms with Gasteiger partial charge in [-0.25, -0.2) is 9.89 Å². The van der Waals surface area contributed by atoms with E-state index in [9.17, 15) is 9.59 Å². The Morgan fingerprint density at radius 2 is 1.91 bits per heavy atom. The Hall–Kier alpha value is -3.33. The largest absolute Gasteiger partial charge is 0.486 e. The first-order valence-corrected chi connectivity index (χ1v) is 12.3. The van der Waals surface area contributed by atoms with Gasteiger partial charge in [0.1, 0.15) is 25.1 Å². The molecule has 0 saturated carbocycles. The highest BCUT2D eigenvalue weighted by Gasteiger charge is 2.42. The third kappa shape index (κ3) is 4.27. The number of hydrogen-bond acceptors (Lipinski definition) is 7. The molecule has 0 aromatic heterocycles. The first-order chi connectivity index (χ1) is 16.4. The predicted molar refractivity (Wildman–Crippen MR) is 133 cm³/mol. The Balaban J connectivity index is 1.36. The van der Waals surface area contributed by atoms with Crippen molar-refractivity contribution in [2.75, 3.05) is 18.5 Å². The molecule has 5 rings (SSSR count). The number of rotatable bonds is 5. The summed E-state index contributed by atoms with van der Waals surface area (Å²) in [7, 11) is 0. The van der Waals surface area contributed by atoms with Crippen LogP contribution < -0.4 is 14.8 Å². The van der Waals surface area contributed by atoms with Crippen LogP contribution in [-0.4, -0.2) is 52.2 Å². The van der Waals surface area contributed by atoms with Gasteiger partial charge in [0, 0.05) is 17.3 Å². The van der Waals surface area contributed by atoms with Crippen molar-refractivity contribution in [1.82, 2.24) is 4.90 Å². The Kier molecular flexibility index (Phi) is 6.03. The summed E-state index contributed by atoms with van der Waals surface area (Å²) in [5.74, 6) is 1.92. The molecule has 0 saturated heterocycles. The summed E-state index contributed by atoms with van der Waals surface area (Å²) >= 11 is 1.25. The molecule has 0 aliphatic carbocycles. The number of amides is 2. The lowest BCUT2D eigenvalue weighted by atomic mass is 10.0. The maximum absolute atomic E-state index is 13.3. The average molecular weight is 479 g/mol. The molecule has 0 unspecified atom stereocenters. The highest BCUT2D eigenvalue weighted by molar-refractivity contribution is 8.15. The minimum atomic E-state index is -0.504. The number of amidine groups is 2. The van der Waals surface area contributed by atoms with Gasteiger partial charge in [0.2, 0.25) is 5.91 Å². The molecule has 2 aromatic rings. The smallest absolute Gasteiger partial charge is 0.259 e. The van der Waals surface area contributed by atoms with Crippen LogP contribution in [0.5, 0.6) is 11.5 Å². The number of ether oxygens (including phenoxy) is 2. The van der Waals surface area contributed by atoms with E-state index in [2.05, 4.69) is 19.2 Å². The molecule has 8 nitrogen and oxygen atoms in total. The van der Waals surface area contributed by atoms with Gasteiger partial charge in [-0.1, -0.05) is 37.7 Å². The molecule has 0 fully saturated rings. The van der Waals surface area contributed by atoms with Gasteiger partial charge in [-0.05, 0) is 43.5 Å². The fourth-order valence-electron chi connectivity index (χ4n) is 4.06. The number of hydrogen-bond donors (Lipinski definition) is 1. The third-order valence-corrected chi connectivity index (χ3v) is 6.76. The van der Waals surface area contributed by atoms with Gasteiger partial charge in [-0.15, -0.1) is 0 Å². The zero-order valence-corrected chi connectivity index (χ0v) is 20.1. The second-order valence-electron chi connectivity index (χ2n) is 8.79. The summed E-state index contributed by atoms with van der Waals surface area (Å²) in [6.45, 7) is 6.93. The van der Waals surface area contributed by atoms with Crippen molar-refractivity contribution in [1.29, 1.82) is 0 Å². The first kappa shape index (κ1) is 22.5. The van der Waals surface area contributed by atoms with Gasteiger partial charge in [-0.2, -0.15) is 0 Å². The van der Waals surface area contributed by atoms with Gasteiger partial charge in [0.05, 0.1) is 10.9 Å². The lowest BCUT2D eigenvalue weighted by Gasteiger charge is -2.27. The molecule has 3 heterocycles. The number of para-hydroxylation sites is 1. The molecule has 2 aromatic carbocycles. The molecule has 1 N–H and O–H groups in total. The van der Waals surface area contributed by atoms with Crippen LogP contribution in [0, 0.1) is 5.92 Å². The molecule has 0 spiro atoms. The summed E-state index contributed by atoms with van der Waals surface area (Å²) < 4.78 is 11.1. The normalized spacial score (nSPS) is 19.2. The quantitative estimate of drug-likeness (QED) is 0.695. The Bertz CT molecular complexity index is 1210. The highest BCUT2D eigenvalue weighted by Crippen LogP contribution is 2.36. The molecule has 3 aliphatic heterocycles. The van der Waals surface area contributed by atoms with Crippen molar-refractivity contribution in [3.05, 3.63) is 48.0 Å². The summed E-state index contributed by atoms with van der Waals surface area (Å²) in [6, 6.07) is 12.5. The Morgan fingerprint density at radius 1 is 1.15 bits per heavy atom. The second-order valence-corrected chi connectivity index (χ2v) is 10.1. The highest BCUT2D eigenvalue weighted by atomic mass is 32.2. The zero-order chi connectivity index (χ0) is 23.8. The number of nitrogens with zero attached hydrogens (tertiary/aromatic N) is 3. The number of fused-ring (bicyclic) bond motifs is 4. The van der Waals surface area contributed by atoms with Gasteiger partial charge in [-0.3, -0.25) is 14.6 Å². The van der Waals surface area contributed by atoms with E-state index in [0.29, 0.717) is 53.7 Å². The number of anilines is 1. The van der Waals surface area contributed by atoms with E-state index in [4.69, 9.17) is 19.5 Å². The fraction of sp³-hybridized carbons (Fsp3) is 0.360. The summed E-state index contributed by atoms with van der Waals surface area (Å²) in [4.78, 5) is 37.3. The van der Waals surface area contributed by atoms with Crippen molar-refractivity contribution < 1.29 is 19.1 Å². The standard InChI is InChI=1S/C25H26N4O4S/c1-14(2)12-19-24(31)29-22(27-19)17-6-4-5-7-18(17)28-25(29)34-15(3)23(30)26-16-8-9-20-21(13-16)33-11-10-32-20/h4-9,13-15,19H,10-12H2,1-3H3,(H,26,30)/t15-,19-/m0/s1. The molecular weight excluding hydrogens is 452 g/mol. The topological polar surface area (TPSA) is 92.6 Å². The van der Waals surface area contributed by atoms with E-state index in [-0.39, 0.29) is 11.8 Å². The molecule has 2 atom stereocenters. The van der Waals surface area contributed by atoms with E-state index < -0.39 is 11.3 Å². The van der Waals surface area contributed by atoms with Crippen LogP contribution in [0.4, 0.5) is 11.4 Å². The van der Waals surface area contributed by atoms with E-state index in [1.807, 2.05) is 24.3 Å². The van der Waals surface area contributed by atoms with Crippen molar-refractivity contribution in [3.8, 4) is 11.5 Å². The van der Waals surface area contributed by atoms with Crippen molar-refractivity contribution in [2.24, 2.45) is 15.9 Å². The number of benzene rings is 2. The van der Waals surface area contributed by atoms with Crippen LogP contribution in [0.1, 0.15) is 32.8 Å². The van der Waals surface area contributed by atoms with Crippen LogP contribution in [0.2, 0.25) is 0 Å². The van der Waals surface area contributed by atoms with Crippen LogP contribution in [0.15, 0.2) is 52.4 Å². The minimum absolute atomic E-state index is 0.0936. The average Bonchev–Trinajstić information content (AvgIpc) is 3.15. The Labute approximate surface area is 202 Å². The second kappa shape index (κ2) is 9.13. The number of carbonyl (C=O) groups excluding carboxylic acids is 2. The fourth-order valence-corrected chi connectivity index (χ4v) is 4.97. The molecule has 0 radical (unpaired) electrons. The summed E-state index contributed by atoms with van der Waals surface area (Å²) in [5.41, 5.74) is 2.20. The van der Waals surface area contributed by atoms with E-state index in [1.54, 1.807) is 30.0 Å². The van der Waals surface area contributed by atoms with E-state index in [0.717, 1.165) is 11.3 Å². The molecule has 3 aliphatic rings. The van der Waals surface area contributed by atoms with Gasteiger partial charge in [0.15, 0.2) is 16.7 Å². The van der Waals surface area contributed by atoms with E-state index in [1.165, 1.54) is 11.8 Å². The molecular formula is C25H26N4O4S. The molecule has 9 heteroatoms. The number of thioether (sulfide) groups is 1. The zero-order valence-electron chi connectivity index (χ0n) is 19.3. The maximum atomic E-state index is 13.3. The van der Waals surface area contributed by atoms with Crippen molar-refractivity contribution in [3.63, 3.8) is 0 Å². The maximum Gasteiger partial charge on any atom is 0.259 e. The summed E-state index contributed by atoms with van der Waals surface area (Å²) in [5, 5.41) is 2.89. The number of nitrogens with one attached hydrogen (secondary N) is 1. The van der Waals surface area contributed by atoms with Gasteiger partial charge >= 0.3 is 0 Å². The molecule has 0 bridgehead atoms.